The standard InChI is InChI=1S/C34H30BClF4N6O12/c36-22-15(12-18(39)26(48)27(22)49)24(29(50)41-20-11-13-1-2-16(37)21(32(53)54)28(13)58-35(20)57)42-34(56)46-10-9-45(30(51)31(46)52)14-5-7-44(8-6-14)33(55)43-25-17(38)3-4-19(47)23(25)40/h1-4,12,14,20,24,47-49,57H,5-11H2,(H,41,50)(H,42,56)(H,43,55)(H,53,54)/t20-,24?/m0/s1. The highest BCUT2D eigenvalue weighted by molar-refractivity contribution is 6.47. The molecule has 0 aliphatic carbocycles. The molecule has 2 fully saturated rings. The molecular weight excluding hydrogens is 807 g/mol. The zero-order chi connectivity index (χ0) is 42.3. The molecule has 306 valence electrons. The van der Waals surface area contributed by atoms with E-state index in [2.05, 4.69) is 16.0 Å². The topological polar surface area (TPSA) is 259 Å². The number of amides is 7. The van der Waals surface area contributed by atoms with Gasteiger partial charge < -0.3 is 55.9 Å². The summed E-state index contributed by atoms with van der Waals surface area (Å²) in [5.74, 6) is -16.1. The second-order valence-corrected chi connectivity index (χ2v) is 13.6. The minimum atomic E-state index is -2.12. The lowest BCUT2D eigenvalue weighted by Crippen LogP contribution is -2.62. The molecule has 2 atom stereocenters. The van der Waals surface area contributed by atoms with Crippen LogP contribution in [0.1, 0.15) is 40.4 Å². The molecule has 8 N–H and O–H groups in total. The number of halogens is 5. The van der Waals surface area contributed by atoms with Crippen LogP contribution in [-0.4, -0.2) is 121 Å². The van der Waals surface area contributed by atoms with Gasteiger partial charge in [0, 0.05) is 37.8 Å². The summed E-state index contributed by atoms with van der Waals surface area (Å²) in [6.45, 7) is -0.736. The predicted octanol–water partition coefficient (Wildman–Crippen LogP) is 1.97. The largest absolute Gasteiger partial charge is 0.547 e. The summed E-state index contributed by atoms with van der Waals surface area (Å²) in [5.41, 5.74) is -2.37. The highest BCUT2D eigenvalue weighted by Crippen LogP contribution is 2.41. The van der Waals surface area contributed by atoms with Crippen molar-refractivity contribution in [2.75, 3.05) is 31.5 Å². The van der Waals surface area contributed by atoms with Gasteiger partial charge in [0.25, 0.3) is 0 Å². The van der Waals surface area contributed by atoms with Crippen molar-refractivity contribution in [2.45, 2.75) is 37.3 Å². The molecule has 0 aromatic heterocycles. The van der Waals surface area contributed by atoms with E-state index in [4.69, 9.17) is 16.3 Å². The number of nitrogens with zero attached hydrogens (tertiary/aromatic N) is 3. The highest BCUT2D eigenvalue weighted by atomic mass is 35.5. The lowest BCUT2D eigenvalue weighted by atomic mass is 9.72. The Labute approximate surface area is 328 Å². The number of nitrogens with one attached hydrogen (secondary N) is 3. The number of benzene rings is 3. The van der Waals surface area contributed by atoms with E-state index >= 15 is 0 Å². The second-order valence-electron chi connectivity index (χ2n) is 13.2. The number of carboxylic acids is 1. The smallest absolute Gasteiger partial charge is 0.534 e. The van der Waals surface area contributed by atoms with Crippen molar-refractivity contribution in [3.05, 3.63) is 75.3 Å². The molecule has 7 amide bonds. The van der Waals surface area contributed by atoms with Crippen LogP contribution in [0, 0.1) is 23.3 Å². The highest BCUT2D eigenvalue weighted by Gasteiger charge is 2.44. The number of rotatable bonds is 7. The van der Waals surface area contributed by atoms with Crippen LogP contribution >= 0.6 is 11.6 Å². The summed E-state index contributed by atoms with van der Waals surface area (Å²) in [6.07, 6.45) is -0.151. The maximum Gasteiger partial charge on any atom is 0.547 e. The Morgan fingerprint density at radius 2 is 1.55 bits per heavy atom. The zero-order valence-corrected chi connectivity index (χ0v) is 30.2. The quantitative estimate of drug-likeness (QED) is 0.0736. The van der Waals surface area contributed by atoms with Crippen LogP contribution in [0.3, 0.4) is 0 Å². The van der Waals surface area contributed by atoms with Crippen LogP contribution in [0.25, 0.3) is 0 Å². The van der Waals surface area contributed by atoms with Crippen molar-refractivity contribution >= 4 is 60.2 Å². The average molecular weight is 837 g/mol. The lowest BCUT2D eigenvalue weighted by molar-refractivity contribution is -0.156. The number of imide groups is 1. The first kappa shape index (κ1) is 41.2. The molecule has 24 heteroatoms. The van der Waals surface area contributed by atoms with Crippen LogP contribution in [0.5, 0.6) is 23.0 Å². The van der Waals surface area contributed by atoms with E-state index in [1.165, 1.54) is 4.90 Å². The van der Waals surface area contributed by atoms with E-state index in [1.54, 1.807) is 0 Å². The lowest BCUT2D eigenvalue weighted by Gasteiger charge is -2.41. The molecule has 6 rings (SSSR count). The number of urea groups is 2. The van der Waals surface area contributed by atoms with Gasteiger partial charge in [0.15, 0.2) is 28.9 Å². The maximum absolute atomic E-state index is 14.7. The first-order valence-electron chi connectivity index (χ1n) is 17.1. The molecule has 0 bridgehead atoms. The van der Waals surface area contributed by atoms with Crippen molar-refractivity contribution in [1.29, 1.82) is 0 Å². The number of carboxylic acid groups (broad SMARTS) is 1. The summed E-state index contributed by atoms with van der Waals surface area (Å²) in [7, 11) is -2.01. The molecule has 3 heterocycles. The number of carbonyl (C=O) groups is 6. The number of aromatic hydroxyl groups is 3. The number of phenolic OH excluding ortho intramolecular Hbond substituents is 3. The second kappa shape index (κ2) is 16.2. The molecule has 3 aliphatic rings. The number of piperazine rings is 1. The Morgan fingerprint density at radius 1 is 0.879 bits per heavy atom. The molecule has 3 aromatic carbocycles. The van der Waals surface area contributed by atoms with Gasteiger partial charge in [-0.15, -0.1) is 0 Å². The first-order valence-corrected chi connectivity index (χ1v) is 17.5. The fourth-order valence-electron chi connectivity index (χ4n) is 6.76. The number of aromatic carboxylic acids is 1. The fourth-order valence-corrected chi connectivity index (χ4v) is 7.01. The van der Waals surface area contributed by atoms with Crippen LogP contribution < -0.4 is 20.6 Å². The molecule has 2 saturated heterocycles. The van der Waals surface area contributed by atoms with Crippen molar-refractivity contribution in [1.82, 2.24) is 25.3 Å². The van der Waals surface area contributed by atoms with E-state index in [0.717, 1.165) is 29.2 Å². The molecule has 58 heavy (non-hydrogen) atoms. The SMILES string of the molecule is O=C(O)c1c(F)ccc2c1OB(O)[C@@H](NC(=O)C(NC(=O)N1CCN(C3CCN(C(=O)Nc4c(F)ccc(O)c4F)CC3)C(=O)C1=O)c1cc(F)c(O)c(O)c1Cl)C2. The van der Waals surface area contributed by atoms with Crippen molar-refractivity contribution in [3.8, 4) is 23.0 Å². The number of carbonyl (C=O) groups excluding carboxylic acids is 5. The number of hydrogen-bond acceptors (Lipinski definition) is 11. The summed E-state index contributed by atoms with van der Waals surface area (Å²) >= 11 is 6.14. The van der Waals surface area contributed by atoms with Gasteiger partial charge in [-0.05, 0) is 49.1 Å². The minimum absolute atomic E-state index is 0.0295. The third-order valence-corrected chi connectivity index (χ3v) is 10.2. The number of likely N-dealkylation sites (tertiary alicyclic amines) is 1. The van der Waals surface area contributed by atoms with Crippen LogP contribution in [-0.2, 0) is 20.8 Å². The van der Waals surface area contributed by atoms with Gasteiger partial charge in [0.05, 0.1) is 11.0 Å². The Balaban J connectivity index is 1.14. The van der Waals surface area contributed by atoms with Gasteiger partial charge in [-0.25, -0.2) is 31.9 Å². The van der Waals surface area contributed by atoms with E-state index in [9.17, 15) is 71.8 Å². The molecule has 1 unspecified atom stereocenters. The Morgan fingerprint density at radius 3 is 2.22 bits per heavy atom. The minimum Gasteiger partial charge on any atom is -0.534 e. The van der Waals surface area contributed by atoms with Gasteiger partial charge in [0.2, 0.25) is 5.91 Å². The maximum atomic E-state index is 14.7. The first-order chi connectivity index (χ1) is 27.4. The molecular formula is C34H30BClF4N6O12. The van der Waals surface area contributed by atoms with E-state index in [0.29, 0.717) is 11.0 Å². The van der Waals surface area contributed by atoms with Gasteiger partial charge in [-0.3, -0.25) is 19.3 Å². The Hall–Kier alpha value is -6.49. The Bertz CT molecular complexity index is 2250. The van der Waals surface area contributed by atoms with Crippen LogP contribution in [0.15, 0.2) is 30.3 Å². The monoisotopic (exact) mass is 836 g/mol. The number of phenols is 3. The number of piperidine rings is 1. The van der Waals surface area contributed by atoms with Crippen molar-refractivity contribution < 1.29 is 76.4 Å². The normalized spacial score (nSPS) is 17.7. The molecule has 0 radical (unpaired) electrons. The van der Waals surface area contributed by atoms with Crippen LogP contribution in [0.2, 0.25) is 5.02 Å². The molecule has 18 nitrogen and oxygen atoms in total. The number of anilines is 1. The third-order valence-electron chi connectivity index (χ3n) is 9.78. The van der Waals surface area contributed by atoms with Crippen molar-refractivity contribution in [3.63, 3.8) is 0 Å². The summed E-state index contributed by atoms with van der Waals surface area (Å²) < 4.78 is 62.4. The van der Waals surface area contributed by atoms with E-state index < -0.39 is 136 Å². The third kappa shape index (κ3) is 7.76. The zero-order valence-electron chi connectivity index (χ0n) is 29.5. The van der Waals surface area contributed by atoms with Gasteiger partial charge in [0.1, 0.15) is 34.7 Å². The average Bonchev–Trinajstić information content (AvgIpc) is 3.18. The van der Waals surface area contributed by atoms with E-state index in [1.807, 2.05) is 0 Å². The fraction of sp³-hybridized carbons (Fsp3) is 0.294. The number of hydrogen-bond donors (Lipinski definition) is 8. The molecule has 0 saturated carbocycles. The van der Waals surface area contributed by atoms with Crippen molar-refractivity contribution in [2.24, 2.45) is 0 Å². The van der Waals surface area contributed by atoms with Gasteiger partial charge in [-0.1, -0.05) is 17.7 Å². The molecule has 3 aromatic rings. The summed E-state index contributed by atoms with van der Waals surface area (Å²) in [6, 6.07) is -1.05. The van der Waals surface area contributed by atoms with Crippen LogP contribution in [0.4, 0.5) is 32.8 Å². The van der Waals surface area contributed by atoms with Gasteiger partial charge in [-0.2, -0.15) is 0 Å². The predicted molar refractivity (Wildman–Crippen MR) is 189 cm³/mol. The number of fused-ring (bicyclic) bond motifs is 1. The summed E-state index contributed by atoms with van der Waals surface area (Å²) in [4.78, 5) is 81.1. The Kier molecular flexibility index (Phi) is 11.5. The van der Waals surface area contributed by atoms with Gasteiger partial charge >= 0.3 is 37.0 Å². The molecule has 0 spiro atoms. The van der Waals surface area contributed by atoms with E-state index in [-0.39, 0.29) is 44.5 Å². The summed E-state index contributed by atoms with van der Waals surface area (Å²) in [5, 5.41) is 55.4. The molecule has 3 aliphatic heterocycles.